The number of halogens is 3. The van der Waals surface area contributed by atoms with Gasteiger partial charge in [0.05, 0.1) is 0 Å². The molecule has 0 aromatic heterocycles. The van der Waals surface area contributed by atoms with Gasteiger partial charge in [0.1, 0.15) is 12.1 Å². The second-order valence-electron chi connectivity index (χ2n) is 2.59. The Morgan fingerprint density at radius 3 is 2.64 bits per heavy atom. The van der Waals surface area contributed by atoms with Gasteiger partial charge in [-0.2, -0.15) is 0 Å². The molecule has 0 saturated heterocycles. The maximum Gasteiger partial charge on any atom is 0.132 e. The van der Waals surface area contributed by atoms with Crippen LogP contribution in [0.2, 0.25) is 0 Å². The van der Waals surface area contributed by atoms with E-state index in [9.17, 15) is 9.18 Å². The summed E-state index contributed by atoms with van der Waals surface area (Å²) < 4.78 is 14.7. The van der Waals surface area contributed by atoms with Crippen molar-refractivity contribution in [3.05, 3.63) is 38.5 Å². The molecule has 0 fully saturated rings. The van der Waals surface area contributed by atoms with Crippen molar-refractivity contribution in [3.8, 4) is 0 Å². The molecular formula is C10H7Br2FO. The lowest BCUT2D eigenvalue weighted by molar-refractivity contribution is -0.107. The van der Waals surface area contributed by atoms with Crippen LogP contribution in [0.15, 0.2) is 27.2 Å². The average molecular weight is 322 g/mol. The van der Waals surface area contributed by atoms with Gasteiger partial charge in [-0.25, -0.2) is 4.39 Å². The Bertz CT molecular complexity index is 351. The summed E-state index contributed by atoms with van der Waals surface area (Å²) in [7, 11) is 0. The molecule has 0 atom stereocenters. The summed E-state index contributed by atoms with van der Waals surface area (Å²) in [6.07, 6.45) is 4.26. The molecule has 1 aromatic carbocycles. The average Bonchev–Trinajstić information content (AvgIpc) is 2.09. The smallest absolute Gasteiger partial charge is 0.132 e. The highest BCUT2D eigenvalue weighted by Gasteiger charge is 2.04. The van der Waals surface area contributed by atoms with Crippen molar-refractivity contribution in [1.82, 2.24) is 0 Å². The third-order valence-electron chi connectivity index (χ3n) is 1.56. The van der Waals surface area contributed by atoms with Gasteiger partial charge in [-0.1, -0.05) is 44.0 Å². The molecule has 74 valence electrons. The number of aldehydes is 1. The SMILES string of the molecule is O=CCC=Cc1c(F)cc(Br)cc1Br. The third kappa shape index (κ3) is 3.03. The summed E-state index contributed by atoms with van der Waals surface area (Å²) in [4.78, 5) is 10.1. The second-order valence-corrected chi connectivity index (χ2v) is 4.36. The molecule has 0 saturated carbocycles. The molecule has 1 aromatic rings. The monoisotopic (exact) mass is 320 g/mol. The Labute approximate surface area is 98.3 Å². The van der Waals surface area contributed by atoms with Crippen molar-refractivity contribution in [2.24, 2.45) is 0 Å². The minimum absolute atomic E-state index is 0.294. The predicted molar refractivity (Wildman–Crippen MR) is 61.5 cm³/mol. The van der Waals surface area contributed by atoms with Crippen LogP contribution in [-0.4, -0.2) is 6.29 Å². The summed E-state index contributed by atoms with van der Waals surface area (Å²) in [5.41, 5.74) is 0.454. The number of hydrogen-bond donors (Lipinski definition) is 0. The zero-order valence-electron chi connectivity index (χ0n) is 7.14. The zero-order valence-corrected chi connectivity index (χ0v) is 10.3. The van der Waals surface area contributed by atoms with Gasteiger partial charge in [0.25, 0.3) is 0 Å². The molecule has 0 bridgehead atoms. The maximum absolute atomic E-state index is 13.3. The first kappa shape index (κ1) is 11.6. The predicted octanol–water partition coefficient (Wildman–Crippen LogP) is 3.95. The van der Waals surface area contributed by atoms with Crippen LogP contribution in [0.4, 0.5) is 4.39 Å². The summed E-state index contributed by atoms with van der Waals surface area (Å²) in [5.74, 6) is -0.326. The highest BCUT2D eigenvalue weighted by Crippen LogP contribution is 2.26. The molecule has 0 unspecified atom stereocenters. The molecule has 0 spiro atoms. The molecule has 0 aliphatic carbocycles. The van der Waals surface area contributed by atoms with Crippen LogP contribution in [0, 0.1) is 5.82 Å². The first-order valence-electron chi connectivity index (χ1n) is 3.90. The van der Waals surface area contributed by atoms with E-state index in [0.717, 1.165) is 6.29 Å². The van der Waals surface area contributed by atoms with Crippen LogP contribution in [0.5, 0.6) is 0 Å². The Kier molecular flexibility index (Phi) is 4.48. The molecule has 0 aliphatic rings. The highest BCUT2D eigenvalue weighted by molar-refractivity contribution is 9.11. The van der Waals surface area contributed by atoms with Gasteiger partial charge < -0.3 is 4.79 Å². The van der Waals surface area contributed by atoms with Gasteiger partial charge >= 0.3 is 0 Å². The number of hydrogen-bond acceptors (Lipinski definition) is 1. The quantitative estimate of drug-likeness (QED) is 0.770. The van der Waals surface area contributed by atoms with Crippen molar-refractivity contribution in [1.29, 1.82) is 0 Å². The largest absolute Gasteiger partial charge is 0.303 e. The van der Waals surface area contributed by atoms with Crippen molar-refractivity contribution >= 4 is 44.2 Å². The lowest BCUT2D eigenvalue weighted by Gasteiger charge is -2.01. The van der Waals surface area contributed by atoms with Gasteiger partial charge in [-0.05, 0) is 12.1 Å². The van der Waals surface area contributed by atoms with E-state index in [2.05, 4.69) is 31.9 Å². The summed E-state index contributed by atoms with van der Waals surface area (Å²) >= 11 is 6.42. The Balaban J connectivity index is 3.02. The normalized spacial score (nSPS) is 10.8. The molecule has 0 heterocycles. The number of benzene rings is 1. The van der Waals surface area contributed by atoms with E-state index in [4.69, 9.17) is 0 Å². The van der Waals surface area contributed by atoms with Gasteiger partial charge in [0, 0.05) is 20.9 Å². The van der Waals surface area contributed by atoms with Crippen LogP contribution in [0.1, 0.15) is 12.0 Å². The first-order valence-corrected chi connectivity index (χ1v) is 5.48. The molecule has 4 heteroatoms. The molecule has 1 nitrogen and oxygen atoms in total. The molecule has 0 aliphatic heterocycles. The maximum atomic E-state index is 13.3. The summed E-state index contributed by atoms with van der Waals surface area (Å²) in [6, 6.07) is 3.13. The Morgan fingerprint density at radius 1 is 1.36 bits per heavy atom. The minimum atomic E-state index is -0.326. The van der Waals surface area contributed by atoms with Crippen LogP contribution < -0.4 is 0 Å². The third-order valence-corrected chi connectivity index (χ3v) is 2.67. The molecular weight excluding hydrogens is 315 g/mol. The van der Waals surface area contributed by atoms with Crippen LogP contribution in [-0.2, 0) is 4.79 Å². The fourth-order valence-electron chi connectivity index (χ4n) is 0.954. The van der Waals surface area contributed by atoms with Crippen molar-refractivity contribution < 1.29 is 9.18 Å². The van der Waals surface area contributed by atoms with E-state index in [1.807, 2.05) is 0 Å². The van der Waals surface area contributed by atoms with Crippen LogP contribution in [0.25, 0.3) is 6.08 Å². The van der Waals surface area contributed by atoms with Gasteiger partial charge in [0.2, 0.25) is 0 Å². The van der Waals surface area contributed by atoms with Crippen LogP contribution >= 0.6 is 31.9 Å². The number of carbonyl (C=O) groups is 1. The Hall–Kier alpha value is -0.480. The zero-order chi connectivity index (χ0) is 10.6. The molecule has 14 heavy (non-hydrogen) atoms. The molecule has 0 radical (unpaired) electrons. The number of allylic oxidation sites excluding steroid dienone is 1. The van der Waals surface area contributed by atoms with Gasteiger partial charge in [-0.15, -0.1) is 0 Å². The lowest BCUT2D eigenvalue weighted by atomic mass is 10.2. The van der Waals surface area contributed by atoms with Crippen LogP contribution in [0.3, 0.4) is 0 Å². The second kappa shape index (κ2) is 5.41. The number of carbonyl (C=O) groups excluding carboxylic acids is 1. The Morgan fingerprint density at radius 2 is 2.07 bits per heavy atom. The first-order chi connectivity index (χ1) is 6.65. The summed E-state index contributed by atoms with van der Waals surface area (Å²) in [6.45, 7) is 0. The fourth-order valence-corrected chi connectivity index (χ4v) is 2.26. The van der Waals surface area contributed by atoms with Crippen molar-refractivity contribution in [3.63, 3.8) is 0 Å². The van der Waals surface area contributed by atoms with E-state index >= 15 is 0 Å². The van der Waals surface area contributed by atoms with E-state index in [1.54, 1.807) is 18.2 Å². The number of rotatable bonds is 3. The lowest BCUT2D eigenvalue weighted by Crippen LogP contribution is -1.84. The van der Waals surface area contributed by atoms with Gasteiger partial charge in [0.15, 0.2) is 0 Å². The highest BCUT2D eigenvalue weighted by atomic mass is 79.9. The molecule has 1 rings (SSSR count). The van der Waals surface area contributed by atoms with E-state index in [1.165, 1.54) is 6.07 Å². The standard InChI is InChI=1S/C10H7Br2FO/c11-7-5-9(12)8(10(13)6-7)3-1-2-4-14/h1,3-6H,2H2. The van der Waals surface area contributed by atoms with Gasteiger partial charge in [-0.3, -0.25) is 0 Å². The summed E-state index contributed by atoms with van der Waals surface area (Å²) in [5, 5.41) is 0. The fraction of sp³-hybridized carbons (Fsp3) is 0.100. The van der Waals surface area contributed by atoms with E-state index < -0.39 is 0 Å². The van der Waals surface area contributed by atoms with Crippen molar-refractivity contribution in [2.75, 3.05) is 0 Å². The topological polar surface area (TPSA) is 17.1 Å². The minimum Gasteiger partial charge on any atom is -0.303 e. The van der Waals surface area contributed by atoms with E-state index in [-0.39, 0.29) is 5.82 Å². The van der Waals surface area contributed by atoms with E-state index in [0.29, 0.717) is 20.9 Å². The van der Waals surface area contributed by atoms with Crippen molar-refractivity contribution in [2.45, 2.75) is 6.42 Å². The molecule has 0 N–H and O–H groups in total. The molecule has 0 amide bonds.